The van der Waals surface area contributed by atoms with Crippen LogP contribution in [-0.2, 0) is 0 Å². The molecular formula is C17H17NO2. The summed E-state index contributed by atoms with van der Waals surface area (Å²) in [7, 11) is 0. The van der Waals surface area contributed by atoms with Crippen molar-refractivity contribution in [1.29, 1.82) is 0 Å². The van der Waals surface area contributed by atoms with E-state index < -0.39 is 5.97 Å². The fourth-order valence-corrected chi connectivity index (χ4v) is 1.83. The molecule has 1 aromatic carbocycles. The molecule has 0 aliphatic heterocycles. The van der Waals surface area contributed by atoms with Crippen molar-refractivity contribution in [2.75, 3.05) is 0 Å². The Morgan fingerprint density at radius 1 is 1.15 bits per heavy atom. The molecule has 2 rings (SSSR count). The molecule has 1 aromatic heterocycles. The number of aromatic nitrogens is 1. The van der Waals surface area contributed by atoms with Gasteiger partial charge in [-0.15, -0.1) is 0 Å². The Balaban J connectivity index is 2.66. The zero-order valence-electron chi connectivity index (χ0n) is 11.8. The van der Waals surface area contributed by atoms with Crippen LogP contribution in [0.15, 0.2) is 42.7 Å². The van der Waals surface area contributed by atoms with Gasteiger partial charge in [0.1, 0.15) is 0 Å². The summed E-state index contributed by atoms with van der Waals surface area (Å²) in [6.45, 7) is 6.07. The summed E-state index contributed by atoms with van der Waals surface area (Å²) >= 11 is 0. The van der Waals surface area contributed by atoms with E-state index in [0.29, 0.717) is 5.69 Å². The SMILES string of the molecule is CC(C)(C)C#Cc1cccc(C(=O)O)c1-n1cccc1. The third-order valence-electron chi connectivity index (χ3n) is 2.70. The van der Waals surface area contributed by atoms with Gasteiger partial charge in [-0.2, -0.15) is 0 Å². The average molecular weight is 267 g/mol. The Labute approximate surface area is 118 Å². The number of rotatable bonds is 2. The summed E-state index contributed by atoms with van der Waals surface area (Å²) in [4.78, 5) is 11.4. The fraction of sp³-hybridized carbons (Fsp3) is 0.235. The van der Waals surface area contributed by atoms with Gasteiger partial charge < -0.3 is 9.67 Å². The van der Waals surface area contributed by atoms with Crippen molar-refractivity contribution in [3.63, 3.8) is 0 Å². The first-order valence-electron chi connectivity index (χ1n) is 6.41. The lowest BCUT2D eigenvalue weighted by Crippen LogP contribution is -2.07. The molecule has 0 radical (unpaired) electrons. The topological polar surface area (TPSA) is 42.2 Å². The molecule has 3 heteroatoms. The first kappa shape index (κ1) is 14.0. The molecule has 0 aliphatic carbocycles. The van der Waals surface area contributed by atoms with Crippen molar-refractivity contribution in [2.24, 2.45) is 5.41 Å². The quantitative estimate of drug-likeness (QED) is 0.845. The zero-order chi connectivity index (χ0) is 14.8. The molecular weight excluding hydrogens is 250 g/mol. The largest absolute Gasteiger partial charge is 0.478 e. The van der Waals surface area contributed by atoms with E-state index in [1.807, 2.05) is 51.4 Å². The second kappa shape index (κ2) is 5.26. The van der Waals surface area contributed by atoms with Gasteiger partial charge in [-0.25, -0.2) is 4.79 Å². The summed E-state index contributed by atoms with van der Waals surface area (Å²) in [5.74, 6) is 5.30. The average Bonchev–Trinajstić information content (AvgIpc) is 2.88. The number of hydrogen-bond acceptors (Lipinski definition) is 1. The van der Waals surface area contributed by atoms with Crippen molar-refractivity contribution >= 4 is 5.97 Å². The predicted molar refractivity (Wildman–Crippen MR) is 79.1 cm³/mol. The lowest BCUT2D eigenvalue weighted by Gasteiger charge is -2.11. The number of para-hydroxylation sites is 1. The number of carboxylic acid groups (broad SMARTS) is 1. The molecule has 1 N–H and O–H groups in total. The van der Waals surface area contributed by atoms with Gasteiger partial charge in [0.15, 0.2) is 0 Å². The highest BCUT2D eigenvalue weighted by Crippen LogP contribution is 2.21. The van der Waals surface area contributed by atoms with Gasteiger partial charge in [0.05, 0.1) is 11.3 Å². The van der Waals surface area contributed by atoms with Gasteiger partial charge in [0, 0.05) is 23.4 Å². The van der Waals surface area contributed by atoms with Crippen LogP contribution in [0.2, 0.25) is 0 Å². The van der Waals surface area contributed by atoms with Crippen molar-refractivity contribution in [1.82, 2.24) is 4.57 Å². The van der Waals surface area contributed by atoms with E-state index in [9.17, 15) is 9.90 Å². The molecule has 0 atom stereocenters. The van der Waals surface area contributed by atoms with Crippen LogP contribution in [0.1, 0.15) is 36.7 Å². The van der Waals surface area contributed by atoms with E-state index in [0.717, 1.165) is 5.56 Å². The monoisotopic (exact) mass is 267 g/mol. The van der Waals surface area contributed by atoms with E-state index in [1.54, 1.807) is 16.7 Å². The molecule has 0 bridgehead atoms. The molecule has 102 valence electrons. The van der Waals surface area contributed by atoms with E-state index in [4.69, 9.17) is 0 Å². The highest BCUT2D eigenvalue weighted by molar-refractivity contribution is 5.93. The van der Waals surface area contributed by atoms with E-state index >= 15 is 0 Å². The Bertz CT molecular complexity index is 680. The summed E-state index contributed by atoms with van der Waals surface area (Å²) in [5.41, 5.74) is 1.45. The number of carbonyl (C=O) groups is 1. The first-order valence-corrected chi connectivity index (χ1v) is 6.41. The van der Waals surface area contributed by atoms with Gasteiger partial charge in [-0.05, 0) is 45.0 Å². The number of carboxylic acids is 1. The van der Waals surface area contributed by atoms with Crippen LogP contribution >= 0.6 is 0 Å². The van der Waals surface area contributed by atoms with Crippen molar-refractivity contribution in [3.8, 4) is 17.5 Å². The molecule has 20 heavy (non-hydrogen) atoms. The maximum absolute atomic E-state index is 11.4. The minimum atomic E-state index is -0.951. The normalized spacial score (nSPS) is 10.8. The van der Waals surface area contributed by atoms with Crippen LogP contribution in [0, 0.1) is 17.3 Å². The van der Waals surface area contributed by atoms with Gasteiger partial charge in [-0.1, -0.05) is 17.9 Å². The highest BCUT2D eigenvalue weighted by atomic mass is 16.4. The minimum Gasteiger partial charge on any atom is -0.478 e. The summed E-state index contributed by atoms with van der Waals surface area (Å²) in [6.07, 6.45) is 3.65. The number of hydrogen-bond donors (Lipinski definition) is 1. The van der Waals surface area contributed by atoms with E-state index in [2.05, 4.69) is 11.8 Å². The standard InChI is InChI=1S/C17H17NO2/c1-17(2,3)10-9-13-7-6-8-14(16(19)20)15(13)18-11-4-5-12-18/h4-8,11-12H,1-3H3,(H,19,20). The van der Waals surface area contributed by atoms with Gasteiger partial charge >= 0.3 is 5.97 Å². The number of nitrogens with zero attached hydrogens (tertiary/aromatic N) is 1. The summed E-state index contributed by atoms with van der Waals surface area (Å²) in [6, 6.07) is 8.89. The predicted octanol–water partition coefficient (Wildman–Crippen LogP) is 3.57. The molecule has 2 aromatic rings. The lowest BCUT2D eigenvalue weighted by atomic mass is 9.97. The maximum atomic E-state index is 11.4. The maximum Gasteiger partial charge on any atom is 0.337 e. The van der Waals surface area contributed by atoms with Crippen LogP contribution in [0.5, 0.6) is 0 Å². The van der Waals surface area contributed by atoms with E-state index in [-0.39, 0.29) is 11.0 Å². The minimum absolute atomic E-state index is 0.132. The van der Waals surface area contributed by atoms with Crippen LogP contribution in [0.3, 0.4) is 0 Å². The molecule has 0 saturated carbocycles. The Kier molecular flexibility index (Phi) is 3.67. The molecule has 1 heterocycles. The van der Waals surface area contributed by atoms with Gasteiger partial charge in [-0.3, -0.25) is 0 Å². The summed E-state index contributed by atoms with van der Waals surface area (Å²) < 4.78 is 1.79. The number of benzene rings is 1. The van der Waals surface area contributed by atoms with Crippen molar-refractivity contribution < 1.29 is 9.90 Å². The van der Waals surface area contributed by atoms with Crippen molar-refractivity contribution in [3.05, 3.63) is 53.9 Å². The fourth-order valence-electron chi connectivity index (χ4n) is 1.83. The van der Waals surface area contributed by atoms with Crippen LogP contribution < -0.4 is 0 Å². The second-order valence-corrected chi connectivity index (χ2v) is 5.60. The smallest absolute Gasteiger partial charge is 0.337 e. The van der Waals surface area contributed by atoms with Crippen LogP contribution in [-0.4, -0.2) is 15.6 Å². The van der Waals surface area contributed by atoms with E-state index in [1.165, 1.54) is 0 Å². The molecule has 0 amide bonds. The van der Waals surface area contributed by atoms with Crippen LogP contribution in [0.4, 0.5) is 0 Å². The Hall–Kier alpha value is -2.47. The third kappa shape index (κ3) is 3.10. The molecule has 0 fully saturated rings. The zero-order valence-corrected chi connectivity index (χ0v) is 11.8. The summed E-state index contributed by atoms with van der Waals surface area (Å²) in [5, 5.41) is 9.36. The van der Waals surface area contributed by atoms with Gasteiger partial charge in [0.2, 0.25) is 0 Å². The molecule has 0 saturated heterocycles. The molecule has 0 spiro atoms. The second-order valence-electron chi connectivity index (χ2n) is 5.60. The highest BCUT2D eigenvalue weighted by Gasteiger charge is 2.14. The van der Waals surface area contributed by atoms with Gasteiger partial charge in [0.25, 0.3) is 0 Å². The molecule has 0 aliphatic rings. The first-order chi connectivity index (χ1) is 9.38. The Morgan fingerprint density at radius 3 is 2.35 bits per heavy atom. The third-order valence-corrected chi connectivity index (χ3v) is 2.70. The lowest BCUT2D eigenvalue weighted by molar-refractivity contribution is 0.0697. The number of aromatic carboxylic acids is 1. The van der Waals surface area contributed by atoms with Crippen molar-refractivity contribution in [2.45, 2.75) is 20.8 Å². The molecule has 0 unspecified atom stereocenters. The Morgan fingerprint density at radius 2 is 1.80 bits per heavy atom. The van der Waals surface area contributed by atoms with Crippen LogP contribution in [0.25, 0.3) is 5.69 Å². The molecule has 3 nitrogen and oxygen atoms in total.